The zero-order chi connectivity index (χ0) is 22.0. The molecule has 0 bridgehead atoms. The number of nitrogens with zero attached hydrogens (tertiary/aromatic N) is 2. The monoisotopic (exact) mass is 441 g/mol. The van der Waals surface area contributed by atoms with Crippen LogP contribution in [0.15, 0.2) is 59.6 Å². The van der Waals surface area contributed by atoms with Gasteiger partial charge in [-0.3, -0.25) is 4.79 Å². The molecule has 31 heavy (non-hydrogen) atoms. The Labute approximate surface area is 178 Å². The summed E-state index contributed by atoms with van der Waals surface area (Å²) in [6.07, 6.45) is 3.90. The van der Waals surface area contributed by atoms with E-state index in [1.54, 1.807) is 36.4 Å². The van der Waals surface area contributed by atoms with Crippen LogP contribution in [0.3, 0.4) is 0 Å². The van der Waals surface area contributed by atoms with Crippen LogP contribution >= 0.6 is 0 Å². The second-order valence-electron chi connectivity index (χ2n) is 7.25. The van der Waals surface area contributed by atoms with E-state index in [1.807, 2.05) is 0 Å². The molecule has 160 valence electrons. The van der Waals surface area contributed by atoms with Crippen LogP contribution in [0, 0.1) is 11.7 Å². The molecule has 0 atom stereocenters. The number of rotatable bonds is 7. The number of carbonyl (C=O) groups is 1. The van der Waals surface area contributed by atoms with E-state index < -0.39 is 15.7 Å². The van der Waals surface area contributed by atoms with Gasteiger partial charge in [-0.15, -0.1) is 0 Å². The molecule has 3 N–H and O–H groups in total. The largest absolute Gasteiger partial charge is 0.336 e. The topological polar surface area (TPSA) is 113 Å². The average molecular weight is 441 g/mol. The Kier molecular flexibility index (Phi) is 5.55. The van der Waals surface area contributed by atoms with Gasteiger partial charge in [0, 0.05) is 17.9 Å². The maximum absolute atomic E-state index is 14.3. The molecule has 0 radical (unpaired) electrons. The molecule has 2 aromatic carbocycles. The van der Waals surface area contributed by atoms with E-state index in [1.165, 1.54) is 12.1 Å². The highest BCUT2D eigenvalue weighted by Gasteiger charge is 2.30. The molecule has 8 nitrogen and oxygen atoms in total. The van der Waals surface area contributed by atoms with Crippen molar-refractivity contribution in [1.29, 1.82) is 0 Å². The molecule has 0 aliphatic heterocycles. The molecule has 4 rings (SSSR count). The normalized spacial score (nSPS) is 13.5. The Bertz CT molecular complexity index is 1230. The van der Waals surface area contributed by atoms with Crippen molar-refractivity contribution in [1.82, 2.24) is 9.97 Å². The smallest absolute Gasteiger partial charge is 0.229 e. The molecule has 1 aliphatic carbocycles. The van der Waals surface area contributed by atoms with Gasteiger partial charge in [-0.2, -0.15) is 4.98 Å². The Morgan fingerprint density at radius 3 is 2.35 bits per heavy atom. The molecule has 1 heterocycles. The van der Waals surface area contributed by atoms with E-state index in [0.717, 1.165) is 25.3 Å². The summed E-state index contributed by atoms with van der Waals surface area (Å²) in [5.41, 5.74) is 1.57. The lowest BCUT2D eigenvalue weighted by molar-refractivity contribution is -0.117. The van der Waals surface area contributed by atoms with E-state index in [4.69, 9.17) is 0 Å². The third kappa shape index (κ3) is 5.15. The molecular weight excluding hydrogens is 421 g/mol. The summed E-state index contributed by atoms with van der Waals surface area (Å²) in [5, 5.41) is 8.67. The number of aromatic nitrogens is 2. The summed E-state index contributed by atoms with van der Waals surface area (Å²) in [5.74, 6) is -0.638. The van der Waals surface area contributed by atoms with Gasteiger partial charge in [0.1, 0.15) is 0 Å². The Morgan fingerprint density at radius 2 is 1.71 bits per heavy atom. The molecule has 1 aliphatic rings. The van der Waals surface area contributed by atoms with Crippen molar-refractivity contribution in [3.05, 3.63) is 60.5 Å². The number of sulfone groups is 1. The van der Waals surface area contributed by atoms with Crippen LogP contribution in [0.2, 0.25) is 0 Å². The van der Waals surface area contributed by atoms with Crippen molar-refractivity contribution < 1.29 is 17.6 Å². The van der Waals surface area contributed by atoms with E-state index in [-0.39, 0.29) is 28.5 Å². The molecular formula is C21H20FN5O3S. The SMILES string of the molecule is CS(=O)(=O)c1ccc(Nc2ncc(F)c(Nc3ccccc3NC(=O)C3CC3)n2)cc1. The number of nitrogens with one attached hydrogen (secondary N) is 3. The van der Waals surface area contributed by atoms with Crippen molar-refractivity contribution in [2.45, 2.75) is 17.7 Å². The fourth-order valence-corrected chi connectivity index (χ4v) is 3.47. The van der Waals surface area contributed by atoms with E-state index in [0.29, 0.717) is 17.1 Å². The van der Waals surface area contributed by atoms with E-state index >= 15 is 0 Å². The molecule has 0 spiro atoms. The number of carbonyl (C=O) groups excluding carboxylic acids is 1. The van der Waals surface area contributed by atoms with Gasteiger partial charge in [0.15, 0.2) is 21.5 Å². The Morgan fingerprint density at radius 1 is 1.03 bits per heavy atom. The fourth-order valence-electron chi connectivity index (χ4n) is 2.84. The van der Waals surface area contributed by atoms with Gasteiger partial charge in [-0.25, -0.2) is 17.8 Å². The number of anilines is 5. The first-order chi connectivity index (χ1) is 14.8. The molecule has 1 aromatic heterocycles. The lowest BCUT2D eigenvalue weighted by atomic mass is 10.2. The predicted molar refractivity (Wildman–Crippen MR) is 116 cm³/mol. The first-order valence-electron chi connectivity index (χ1n) is 9.56. The minimum absolute atomic E-state index is 0.0359. The molecule has 10 heteroatoms. The van der Waals surface area contributed by atoms with Crippen LogP contribution in [0.25, 0.3) is 0 Å². The average Bonchev–Trinajstić information content (AvgIpc) is 3.57. The number of hydrogen-bond donors (Lipinski definition) is 3. The number of amides is 1. The number of benzene rings is 2. The van der Waals surface area contributed by atoms with Gasteiger partial charge in [0.2, 0.25) is 11.9 Å². The highest BCUT2D eigenvalue weighted by molar-refractivity contribution is 7.90. The second-order valence-corrected chi connectivity index (χ2v) is 9.26. The summed E-state index contributed by atoms with van der Waals surface area (Å²) in [7, 11) is -3.30. The van der Waals surface area contributed by atoms with Gasteiger partial charge in [-0.1, -0.05) is 12.1 Å². The summed E-state index contributed by atoms with van der Waals surface area (Å²) >= 11 is 0. The number of hydrogen-bond acceptors (Lipinski definition) is 7. The third-order valence-electron chi connectivity index (χ3n) is 4.67. The summed E-state index contributed by atoms with van der Waals surface area (Å²) in [6.45, 7) is 0. The highest BCUT2D eigenvalue weighted by Crippen LogP contribution is 2.32. The van der Waals surface area contributed by atoms with Gasteiger partial charge in [-0.05, 0) is 49.2 Å². The zero-order valence-electron chi connectivity index (χ0n) is 16.6. The van der Waals surface area contributed by atoms with Crippen LogP contribution < -0.4 is 16.0 Å². The predicted octanol–water partition coefficient (Wildman–Crippen LogP) is 3.85. The maximum Gasteiger partial charge on any atom is 0.229 e. The molecule has 0 unspecified atom stereocenters. The van der Waals surface area contributed by atoms with Gasteiger partial charge in [0.05, 0.1) is 22.5 Å². The van der Waals surface area contributed by atoms with Crippen LogP contribution in [-0.2, 0) is 14.6 Å². The van der Waals surface area contributed by atoms with Gasteiger partial charge < -0.3 is 16.0 Å². The van der Waals surface area contributed by atoms with E-state index in [2.05, 4.69) is 25.9 Å². The molecule has 1 amide bonds. The second kappa shape index (κ2) is 8.31. The Balaban J connectivity index is 1.53. The first-order valence-corrected chi connectivity index (χ1v) is 11.5. The maximum atomic E-state index is 14.3. The summed E-state index contributed by atoms with van der Waals surface area (Å²) in [4.78, 5) is 20.4. The van der Waals surface area contributed by atoms with Crippen LogP contribution in [0.1, 0.15) is 12.8 Å². The van der Waals surface area contributed by atoms with Crippen molar-refractivity contribution in [2.75, 3.05) is 22.2 Å². The van der Waals surface area contributed by atoms with Crippen molar-refractivity contribution in [3.8, 4) is 0 Å². The van der Waals surface area contributed by atoms with Crippen molar-refractivity contribution in [3.63, 3.8) is 0 Å². The highest BCUT2D eigenvalue weighted by atomic mass is 32.2. The zero-order valence-corrected chi connectivity index (χ0v) is 17.4. The van der Waals surface area contributed by atoms with Crippen molar-refractivity contribution >= 4 is 44.6 Å². The third-order valence-corrected chi connectivity index (χ3v) is 5.80. The Hall–Kier alpha value is -3.53. The lowest BCUT2D eigenvalue weighted by Gasteiger charge is -2.14. The minimum Gasteiger partial charge on any atom is -0.336 e. The standard InChI is InChI=1S/C21H20FN5O3S/c1-31(29,30)15-10-8-14(9-11-15)24-21-23-12-16(22)19(27-21)25-17-4-2-3-5-18(17)26-20(28)13-6-7-13/h2-5,8-13H,6-7H2,1H3,(H,26,28)(H2,23,24,25,27). The first kappa shape index (κ1) is 20.7. The minimum atomic E-state index is -3.30. The van der Waals surface area contributed by atoms with Gasteiger partial charge in [0.25, 0.3) is 0 Å². The molecule has 1 fully saturated rings. The lowest BCUT2D eigenvalue weighted by Crippen LogP contribution is -2.14. The molecule has 3 aromatic rings. The van der Waals surface area contributed by atoms with Crippen LogP contribution in [0.5, 0.6) is 0 Å². The van der Waals surface area contributed by atoms with Crippen molar-refractivity contribution in [2.24, 2.45) is 5.92 Å². The molecule has 0 saturated heterocycles. The van der Waals surface area contributed by atoms with Crippen LogP contribution in [0.4, 0.5) is 33.2 Å². The summed E-state index contributed by atoms with van der Waals surface area (Å²) in [6, 6.07) is 13.0. The van der Waals surface area contributed by atoms with E-state index in [9.17, 15) is 17.6 Å². The fraction of sp³-hybridized carbons (Fsp3) is 0.190. The van der Waals surface area contributed by atoms with Crippen LogP contribution in [-0.4, -0.2) is 30.5 Å². The summed E-state index contributed by atoms with van der Waals surface area (Å²) < 4.78 is 37.5. The quantitative estimate of drug-likeness (QED) is 0.510. The number of halogens is 1. The van der Waals surface area contributed by atoms with Gasteiger partial charge >= 0.3 is 0 Å². The number of para-hydroxylation sites is 2. The molecule has 1 saturated carbocycles.